The molecule has 0 amide bonds. The van der Waals surface area contributed by atoms with Gasteiger partial charge in [-0.15, -0.1) is 0 Å². The third kappa shape index (κ3) is 2.17. The highest BCUT2D eigenvalue weighted by Crippen LogP contribution is 2.52. The predicted octanol–water partition coefficient (Wildman–Crippen LogP) is 1.76. The molecule has 0 saturated carbocycles. The minimum Gasteiger partial charge on any atom is -0.507 e. The van der Waals surface area contributed by atoms with Crippen LogP contribution < -0.4 is 9.47 Å². The van der Waals surface area contributed by atoms with Crippen LogP contribution in [0, 0.1) is 0 Å². The number of hydrogen-bond donors (Lipinski definition) is 3. The Bertz CT molecular complexity index is 787. The SMILES string of the molecule is COc1c(O)cc(O)c2c1OC(c1ccccc1)C(O)(OC)C2=O. The first-order chi connectivity index (χ1) is 11.4. The summed E-state index contributed by atoms with van der Waals surface area (Å²) in [6.45, 7) is 0. The van der Waals surface area contributed by atoms with Gasteiger partial charge in [0, 0.05) is 13.2 Å². The summed E-state index contributed by atoms with van der Waals surface area (Å²) in [5.74, 6) is -4.44. The number of hydrogen-bond acceptors (Lipinski definition) is 7. The Morgan fingerprint density at radius 2 is 1.79 bits per heavy atom. The second-order valence-corrected chi connectivity index (χ2v) is 5.29. The molecule has 7 heteroatoms. The summed E-state index contributed by atoms with van der Waals surface area (Å²) in [6.07, 6.45) is -1.21. The van der Waals surface area contributed by atoms with Crippen LogP contribution >= 0.6 is 0 Å². The molecule has 1 aliphatic rings. The van der Waals surface area contributed by atoms with Gasteiger partial charge in [0.05, 0.1) is 7.11 Å². The van der Waals surface area contributed by atoms with Crippen LogP contribution in [0.15, 0.2) is 36.4 Å². The van der Waals surface area contributed by atoms with Crippen molar-refractivity contribution in [1.82, 2.24) is 0 Å². The lowest BCUT2D eigenvalue weighted by Crippen LogP contribution is -2.51. The van der Waals surface area contributed by atoms with Gasteiger partial charge in [-0.3, -0.25) is 4.79 Å². The molecule has 0 bridgehead atoms. The van der Waals surface area contributed by atoms with Gasteiger partial charge in [-0.05, 0) is 5.56 Å². The number of aromatic hydroxyl groups is 2. The van der Waals surface area contributed by atoms with Crippen LogP contribution in [0.3, 0.4) is 0 Å². The first kappa shape index (κ1) is 16.1. The standard InChI is InChI=1S/C17H16O7/c1-22-13-11(19)8-10(18)12-14(13)24-16(9-6-4-3-5-7-9)17(21,23-2)15(12)20/h3-8,16,18-19,21H,1-2H3. The van der Waals surface area contributed by atoms with Gasteiger partial charge in [-0.1, -0.05) is 30.3 Å². The number of aliphatic hydroxyl groups is 1. The molecule has 24 heavy (non-hydrogen) atoms. The summed E-state index contributed by atoms with van der Waals surface area (Å²) >= 11 is 0. The second-order valence-electron chi connectivity index (χ2n) is 5.29. The number of benzene rings is 2. The van der Waals surface area contributed by atoms with E-state index in [1.807, 2.05) is 0 Å². The van der Waals surface area contributed by atoms with E-state index in [1.54, 1.807) is 30.3 Å². The lowest BCUT2D eigenvalue weighted by Gasteiger charge is -2.38. The summed E-state index contributed by atoms with van der Waals surface area (Å²) in [6, 6.07) is 9.45. The van der Waals surface area contributed by atoms with Crippen molar-refractivity contribution >= 4 is 5.78 Å². The fourth-order valence-electron chi connectivity index (χ4n) is 2.76. The molecule has 126 valence electrons. The Morgan fingerprint density at radius 1 is 1.12 bits per heavy atom. The maximum Gasteiger partial charge on any atom is 0.274 e. The molecule has 0 fully saturated rings. The molecule has 3 N–H and O–H groups in total. The number of carbonyl (C=O) groups is 1. The van der Waals surface area contributed by atoms with Crippen molar-refractivity contribution in [2.75, 3.05) is 14.2 Å². The molecule has 7 nitrogen and oxygen atoms in total. The summed E-state index contributed by atoms with van der Waals surface area (Å²) in [4.78, 5) is 12.8. The predicted molar refractivity (Wildman–Crippen MR) is 82.4 cm³/mol. The largest absolute Gasteiger partial charge is 0.507 e. The molecule has 2 aromatic rings. The zero-order chi connectivity index (χ0) is 17.5. The maximum absolute atomic E-state index is 12.8. The van der Waals surface area contributed by atoms with E-state index in [0.29, 0.717) is 5.56 Å². The number of carbonyl (C=O) groups excluding carboxylic acids is 1. The zero-order valence-electron chi connectivity index (χ0n) is 13.0. The number of fused-ring (bicyclic) bond motifs is 1. The van der Waals surface area contributed by atoms with E-state index in [2.05, 4.69) is 0 Å². The number of ether oxygens (including phenoxy) is 3. The summed E-state index contributed by atoms with van der Waals surface area (Å²) in [7, 11) is 2.45. The molecular weight excluding hydrogens is 316 g/mol. The van der Waals surface area contributed by atoms with E-state index in [0.717, 1.165) is 13.2 Å². The monoisotopic (exact) mass is 332 g/mol. The van der Waals surface area contributed by atoms with Crippen molar-refractivity contribution in [1.29, 1.82) is 0 Å². The number of Topliss-reactive ketones (excluding diaryl/α,β-unsaturated/α-hetero) is 1. The van der Waals surface area contributed by atoms with Gasteiger partial charge in [0.25, 0.3) is 5.79 Å². The summed E-state index contributed by atoms with van der Waals surface area (Å²) in [5.41, 5.74) is 0.159. The van der Waals surface area contributed by atoms with Crippen molar-refractivity contribution in [3.05, 3.63) is 47.5 Å². The molecular formula is C17H16O7. The van der Waals surface area contributed by atoms with Crippen molar-refractivity contribution in [3.63, 3.8) is 0 Å². The highest BCUT2D eigenvalue weighted by molar-refractivity contribution is 6.08. The lowest BCUT2D eigenvalue weighted by atomic mass is 9.89. The van der Waals surface area contributed by atoms with Crippen molar-refractivity contribution in [2.45, 2.75) is 11.9 Å². The van der Waals surface area contributed by atoms with Gasteiger partial charge >= 0.3 is 0 Å². The minimum absolute atomic E-state index is 0.116. The minimum atomic E-state index is -2.34. The normalized spacial score (nSPS) is 22.6. The average Bonchev–Trinajstić information content (AvgIpc) is 2.58. The fourth-order valence-corrected chi connectivity index (χ4v) is 2.76. The van der Waals surface area contributed by atoms with Crippen LogP contribution in [0.25, 0.3) is 0 Å². The maximum atomic E-state index is 12.8. The van der Waals surface area contributed by atoms with Crippen LogP contribution in [0.2, 0.25) is 0 Å². The van der Waals surface area contributed by atoms with Gasteiger partial charge in [-0.2, -0.15) is 0 Å². The van der Waals surface area contributed by atoms with Crippen LogP contribution in [0.4, 0.5) is 0 Å². The molecule has 3 rings (SSSR count). The molecule has 1 aliphatic heterocycles. The molecule has 0 aliphatic carbocycles. The molecule has 0 spiro atoms. The van der Waals surface area contributed by atoms with Crippen LogP contribution in [0.1, 0.15) is 22.0 Å². The van der Waals surface area contributed by atoms with Crippen molar-refractivity contribution in [2.24, 2.45) is 0 Å². The third-order valence-corrected chi connectivity index (χ3v) is 3.96. The van der Waals surface area contributed by atoms with Crippen molar-refractivity contribution < 1.29 is 34.3 Å². The average molecular weight is 332 g/mol. The smallest absolute Gasteiger partial charge is 0.274 e. The summed E-state index contributed by atoms with van der Waals surface area (Å²) in [5, 5.41) is 30.7. The van der Waals surface area contributed by atoms with Crippen LogP contribution in [-0.4, -0.2) is 41.1 Å². The molecule has 2 unspecified atom stereocenters. The second kappa shape index (κ2) is 5.70. The van der Waals surface area contributed by atoms with Gasteiger partial charge < -0.3 is 29.5 Å². The Morgan fingerprint density at radius 3 is 2.38 bits per heavy atom. The first-order valence-electron chi connectivity index (χ1n) is 7.10. The zero-order valence-corrected chi connectivity index (χ0v) is 13.0. The van der Waals surface area contributed by atoms with E-state index in [1.165, 1.54) is 7.11 Å². The Kier molecular flexibility index (Phi) is 3.82. The highest BCUT2D eigenvalue weighted by atomic mass is 16.7. The van der Waals surface area contributed by atoms with E-state index in [9.17, 15) is 20.1 Å². The molecule has 2 aromatic carbocycles. The Labute approximate surface area is 137 Å². The van der Waals surface area contributed by atoms with E-state index in [4.69, 9.17) is 14.2 Å². The topological polar surface area (TPSA) is 105 Å². The molecule has 1 heterocycles. The van der Waals surface area contributed by atoms with Gasteiger partial charge in [-0.25, -0.2) is 0 Å². The highest BCUT2D eigenvalue weighted by Gasteiger charge is 2.54. The number of rotatable bonds is 3. The van der Waals surface area contributed by atoms with Gasteiger partial charge in [0.2, 0.25) is 11.5 Å². The van der Waals surface area contributed by atoms with E-state index >= 15 is 0 Å². The van der Waals surface area contributed by atoms with Crippen LogP contribution in [-0.2, 0) is 4.74 Å². The summed E-state index contributed by atoms with van der Waals surface area (Å²) < 4.78 is 15.8. The molecule has 2 atom stereocenters. The molecule has 0 radical (unpaired) electrons. The number of methoxy groups -OCH3 is 2. The lowest BCUT2D eigenvalue weighted by molar-refractivity contribution is -0.205. The molecule has 0 aromatic heterocycles. The fraction of sp³-hybridized carbons (Fsp3) is 0.235. The Balaban J connectivity index is 2.26. The van der Waals surface area contributed by atoms with Crippen molar-refractivity contribution in [3.8, 4) is 23.0 Å². The first-order valence-corrected chi connectivity index (χ1v) is 7.10. The molecule has 0 saturated heterocycles. The third-order valence-electron chi connectivity index (χ3n) is 3.96. The number of phenolic OH excluding ortho intramolecular Hbond substituents is 2. The van der Waals surface area contributed by atoms with E-state index < -0.39 is 29.2 Å². The van der Waals surface area contributed by atoms with Crippen LogP contribution in [0.5, 0.6) is 23.0 Å². The Hall–Kier alpha value is -2.77. The number of ketones is 1. The van der Waals surface area contributed by atoms with Gasteiger partial charge in [0.15, 0.2) is 17.6 Å². The van der Waals surface area contributed by atoms with Gasteiger partial charge in [0.1, 0.15) is 11.3 Å². The van der Waals surface area contributed by atoms with E-state index in [-0.39, 0.29) is 17.1 Å². The quantitative estimate of drug-likeness (QED) is 0.735. The number of phenols is 2.